The summed E-state index contributed by atoms with van der Waals surface area (Å²) in [5, 5.41) is 13.6. The van der Waals surface area contributed by atoms with Crippen molar-refractivity contribution in [2.45, 2.75) is 39.2 Å². The van der Waals surface area contributed by atoms with Gasteiger partial charge in [-0.25, -0.2) is 4.79 Å². The van der Waals surface area contributed by atoms with Gasteiger partial charge in [0, 0.05) is 13.6 Å². The smallest absolute Gasteiger partial charge is 0.407 e. The van der Waals surface area contributed by atoms with Crippen molar-refractivity contribution in [1.29, 1.82) is 5.26 Å². The molecule has 0 saturated carbocycles. The molecule has 1 heterocycles. The Bertz CT molecular complexity index is 555. The van der Waals surface area contributed by atoms with Gasteiger partial charge in [0.15, 0.2) is 0 Å². The Morgan fingerprint density at radius 1 is 1.42 bits per heavy atom. The minimum absolute atomic E-state index is 0. The molecule has 0 aromatic carbocycles. The summed E-state index contributed by atoms with van der Waals surface area (Å²) in [4.78, 5) is 26.0. The van der Waals surface area contributed by atoms with Crippen molar-refractivity contribution in [3.63, 3.8) is 0 Å². The summed E-state index contributed by atoms with van der Waals surface area (Å²) < 4.78 is 5.17. The van der Waals surface area contributed by atoms with Crippen molar-refractivity contribution in [3.05, 3.63) is 23.9 Å². The molecule has 8 heteroatoms. The first-order chi connectivity index (χ1) is 11.9. The molecule has 7 nitrogen and oxygen atoms in total. The van der Waals surface area contributed by atoms with Crippen LogP contribution >= 0.6 is 24.0 Å². The highest BCUT2D eigenvalue weighted by atomic mass is 127. The largest absolute Gasteiger partial charge is 0.450 e. The van der Waals surface area contributed by atoms with Crippen molar-refractivity contribution in [2.24, 2.45) is 5.92 Å². The van der Waals surface area contributed by atoms with Crippen molar-refractivity contribution in [2.75, 3.05) is 26.7 Å². The number of nitriles is 1. The molecule has 1 rings (SSSR count). The zero-order chi connectivity index (χ0) is 18.7. The van der Waals surface area contributed by atoms with E-state index in [1.165, 1.54) is 5.57 Å². The first kappa shape index (κ1) is 24.2. The number of allylic oxidation sites excluding steroid dienone is 2. The van der Waals surface area contributed by atoms with Crippen LogP contribution in [0.5, 0.6) is 0 Å². The van der Waals surface area contributed by atoms with E-state index in [4.69, 9.17) is 10.00 Å². The number of ether oxygens (including phenoxy) is 1. The van der Waals surface area contributed by atoms with E-state index < -0.39 is 12.1 Å². The number of rotatable bonds is 9. The van der Waals surface area contributed by atoms with Crippen LogP contribution in [0.15, 0.2) is 23.9 Å². The third-order valence-electron chi connectivity index (χ3n) is 3.66. The van der Waals surface area contributed by atoms with E-state index in [0.717, 1.165) is 19.4 Å². The van der Waals surface area contributed by atoms with Crippen molar-refractivity contribution < 1.29 is 14.3 Å². The quantitative estimate of drug-likeness (QED) is 0.303. The molecule has 0 radical (unpaired) electrons. The van der Waals surface area contributed by atoms with Crippen LogP contribution in [0.2, 0.25) is 0 Å². The molecule has 2 N–H and O–H groups in total. The molecule has 0 aromatic rings. The van der Waals surface area contributed by atoms with Gasteiger partial charge in [-0.15, -0.1) is 24.0 Å². The minimum Gasteiger partial charge on any atom is -0.450 e. The molecule has 0 aromatic heterocycles. The van der Waals surface area contributed by atoms with E-state index in [-0.39, 0.29) is 42.3 Å². The van der Waals surface area contributed by atoms with Gasteiger partial charge in [0.1, 0.15) is 12.6 Å². The van der Waals surface area contributed by atoms with Crippen LogP contribution in [-0.2, 0) is 9.53 Å². The first-order valence-corrected chi connectivity index (χ1v) is 8.56. The SMILES string of the molecule is CC(C)CC(NC(=O)OCCCC1=CC=CN(C)C1)C(=O)NCC#N.I. The Morgan fingerprint density at radius 2 is 2.15 bits per heavy atom. The summed E-state index contributed by atoms with van der Waals surface area (Å²) in [6.07, 6.45) is 7.57. The van der Waals surface area contributed by atoms with Gasteiger partial charge in [-0.1, -0.05) is 25.5 Å². The van der Waals surface area contributed by atoms with E-state index >= 15 is 0 Å². The van der Waals surface area contributed by atoms with Crippen LogP contribution in [0.4, 0.5) is 4.79 Å². The molecule has 0 fully saturated rings. The zero-order valence-electron chi connectivity index (χ0n) is 15.7. The summed E-state index contributed by atoms with van der Waals surface area (Å²) >= 11 is 0. The van der Waals surface area contributed by atoms with E-state index in [9.17, 15) is 9.59 Å². The molecule has 2 amide bonds. The van der Waals surface area contributed by atoms with Gasteiger partial charge in [-0.05, 0) is 37.5 Å². The maximum atomic E-state index is 12.0. The maximum absolute atomic E-state index is 12.0. The van der Waals surface area contributed by atoms with Crippen molar-refractivity contribution >= 4 is 36.0 Å². The van der Waals surface area contributed by atoms with Crippen LogP contribution in [0.3, 0.4) is 0 Å². The molecule has 1 unspecified atom stereocenters. The number of carbonyl (C=O) groups is 2. The molecule has 0 bridgehead atoms. The van der Waals surface area contributed by atoms with Gasteiger partial charge >= 0.3 is 6.09 Å². The number of carbonyl (C=O) groups excluding carboxylic acids is 2. The van der Waals surface area contributed by atoms with Crippen LogP contribution in [0, 0.1) is 17.2 Å². The average molecular weight is 476 g/mol. The van der Waals surface area contributed by atoms with Crippen LogP contribution < -0.4 is 10.6 Å². The topological polar surface area (TPSA) is 94.5 Å². The lowest BCUT2D eigenvalue weighted by Gasteiger charge is -2.20. The lowest BCUT2D eigenvalue weighted by Crippen LogP contribution is -2.47. The molecular weight excluding hydrogens is 447 g/mol. The Labute approximate surface area is 172 Å². The van der Waals surface area contributed by atoms with E-state index in [2.05, 4.69) is 21.6 Å². The van der Waals surface area contributed by atoms with Gasteiger partial charge in [-0.3, -0.25) is 4.79 Å². The summed E-state index contributed by atoms with van der Waals surface area (Å²) in [6.45, 7) is 5.02. The van der Waals surface area contributed by atoms with Crippen molar-refractivity contribution in [3.8, 4) is 6.07 Å². The van der Waals surface area contributed by atoms with E-state index in [1.807, 2.05) is 39.2 Å². The van der Waals surface area contributed by atoms with Crippen LogP contribution in [0.1, 0.15) is 33.1 Å². The lowest BCUT2D eigenvalue weighted by molar-refractivity contribution is -0.123. The van der Waals surface area contributed by atoms with E-state index in [1.54, 1.807) is 0 Å². The molecule has 0 saturated heterocycles. The zero-order valence-corrected chi connectivity index (χ0v) is 18.0. The van der Waals surface area contributed by atoms with Crippen LogP contribution in [0.25, 0.3) is 0 Å². The third-order valence-corrected chi connectivity index (χ3v) is 3.66. The number of likely N-dealkylation sites (N-methyl/N-ethyl adjacent to an activating group) is 1. The second kappa shape index (κ2) is 13.4. The highest BCUT2D eigenvalue weighted by molar-refractivity contribution is 14.0. The van der Waals surface area contributed by atoms with Gasteiger partial charge in [0.25, 0.3) is 0 Å². The second-order valence-electron chi connectivity index (χ2n) is 6.52. The van der Waals surface area contributed by atoms with E-state index in [0.29, 0.717) is 13.0 Å². The highest BCUT2D eigenvalue weighted by Crippen LogP contribution is 2.11. The van der Waals surface area contributed by atoms with Gasteiger partial charge in [-0.2, -0.15) is 5.26 Å². The number of amides is 2. The number of hydrogen-bond donors (Lipinski definition) is 2. The fraction of sp³-hybridized carbons (Fsp3) is 0.611. The number of halogens is 1. The molecule has 1 aliphatic rings. The molecule has 1 atom stereocenters. The maximum Gasteiger partial charge on any atom is 0.407 e. The third kappa shape index (κ3) is 10.3. The predicted molar refractivity (Wildman–Crippen MR) is 111 cm³/mol. The Balaban J connectivity index is 0.00000625. The summed E-state index contributed by atoms with van der Waals surface area (Å²) in [5.74, 6) is -0.143. The molecule has 0 aliphatic carbocycles. The van der Waals surface area contributed by atoms with Crippen LogP contribution in [-0.4, -0.2) is 49.7 Å². The Morgan fingerprint density at radius 3 is 2.77 bits per heavy atom. The number of alkyl carbamates (subject to hydrolysis) is 1. The molecule has 26 heavy (non-hydrogen) atoms. The minimum atomic E-state index is -0.694. The van der Waals surface area contributed by atoms with Gasteiger partial charge in [0.05, 0.1) is 12.7 Å². The van der Waals surface area contributed by atoms with Crippen molar-refractivity contribution in [1.82, 2.24) is 15.5 Å². The Hall–Kier alpha value is -1.76. The monoisotopic (exact) mass is 476 g/mol. The molecular formula is C18H29IN4O3. The highest BCUT2D eigenvalue weighted by Gasteiger charge is 2.22. The van der Waals surface area contributed by atoms with Gasteiger partial charge in [0.2, 0.25) is 5.91 Å². The molecule has 1 aliphatic heterocycles. The first-order valence-electron chi connectivity index (χ1n) is 8.56. The average Bonchev–Trinajstić information content (AvgIpc) is 2.55. The van der Waals surface area contributed by atoms with Gasteiger partial charge < -0.3 is 20.3 Å². The lowest BCUT2D eigenvalue weighted by atomic mass is 10.0. The number of nitrogens with zero attached hydrogens (tertiary/aromatic N) is 2. The fourth-order valence-corrected chi connectivity index (χ4v) is 2.51. The molecule has 0 spiro atoms. The predicted octanol–water partition coefficient (Wildman–Crippen LogP) is 2.55. The number of nitrogens with one attached hydrogen (secondary N) is 2. The summed E-state index contributed by atoms with van der Waals surface area (Å²) in [5.41, 5.74) is 1.29. The normalized spacial score (nSPS) is 14.0. The summed E-state index contributed by atoms with van der Waals surface area (Å²) in [6, 6.07) is 1.15. The Kier molecular flexibility index (Phi) is 12.5. The number of hydrogen-bond acceptors (Lipinski definition) is 5. The fourth-order valence-electron chi connectivity index (χ4n) is 2.51. The standard InChI is InChI=1S/C18H28N4O3.HI/c1-14(2)12-16(17(23)20-9-8-19)21-18(24)25-11-5-7-15-6-4-10-22(3)13-15;/h4,6,10,14,16H,5,7,9,11-13H2,1-3H3,(H,20,23)(H,21,24);1H. The second-order valence-corrected chi connectivity index (χ2v) is 6.52. The molecule has 146 valence electrons. The summed E-state index contributed by atoms with van der Waals surface area (Å²) in [7, 11) is 2.01.